The lowest BCUT2D eigenvalue weighted by Gasteiger charge is -2.22. The molecule has 4 nitrogen and oxygen atoms in total. The zero-order valence-electron chi connectivity index (χ0n) is 10.7. The van der Waals surface area contributed by atoms with Crippen molar-refractivity contribution in [1.29, 1.82) is 0 Å². The fourth-order valence-electron chi connectivity index (χ4n) is 1.28. The van der Waals surface area contributed by atoms with E-state index in [0.29, 0.717) is 12.1 Å². The summed E-state index contributed by atoms with van der Waals surface area (Å²) in [5, 5.41) is 12.7. The minimum atomic E-state index is -4.55. The molecule has 2 N–H and O–H groups in total. The van der Waals surface area contributed by atoms with Crippen LogP contribution >= 0.6 is 0 Å². The van der Waals surface area contributed by atoms with Gasteiger partial charge in [-0.3, -0.25) is 0 Å². The predicted molar refractivity (Wildman–Crippen MR) is 69.0 cm³/mol. The zero-order chi connectivity index (χ0) is 14.7. The number of nitrogens with one attached hydrogen (secondary N) is 1. The number of rotatable bonds is 6. The van der Waals surface area contributed by atoms with Gasteiger partial charge in [0.25, 0.3) is 0 Å². The fourth-order valence-corrected chi connectivity index (χ4v) is 2.00. The van der Waals surface area contributed by atoms with Crippen LogP contribution in [0.1, 0.15) is 20.3 Å². The molecule has 0 aliphatic rings. The van der Waals surface area contributed by atoms with Gasteiger partial charge in [0.2, 0.25) is 9.84 Å². The highest BCUT2D eigenvalue weighted by molar-refractivity contribution is 7.91. The lowest BCUT2D eigenvalue weighted by Crippen LogP contribution is -2.32. The standard InChI is InChI=1S/C12H17F2NO3S/c1-3-12(2,16)8-15-9-4-6-10(7-5-9)19(17,18)11(13)14/h4-7,11,15-16H,3,8H2,1-2H3. The summed E-state index contributed by atoms with van der Waals surface area (Å²) < 4.78 is 47.0. The summed E-state index contributed by atoms with van der Waals surface area (Å²) in [6.07, 6.45) is 0.553. The summed E-state index contributed by atoms with van der Waals surface area (Å²) in [5.74, 6) is -3.42. The maximum atomic E-state index is 12.3. The molecule has 1 rings (SSSR count). The molecule has 0 bridgehead atoms. The van der Waals surface area contributed by atoms with Crippen LogP contribution in [0.3, 0.4) is 0 Å². The van der Waals surface area contributed by atoms with Crippen LogP contribution in [0, 0.1) is 0 Å². The molecule has 0 saturated heterocycles. The smallest absolute Gasteiger partial charge is 0.341 e. The van der Waals surface area contributed by atoms with E-state index >= 15 is 0 Å². The van der Waals surface area contributed by atoms with E-state index < -0.39 is 26.1 Å². The summed E-state index contributed by atoms with van der Waals surface area (Å²) in [7, 11) is -4.55. The Morgan fingerprint density at radius 2 is 1.84 bits per heavy atom. The van der Waals surface area contributed by atoms with Crippen molar-refractivity contribution in [2.24, 2.45) is 0 Å². The number of hydrogen-bond acceptors (Lipinski definition) is 4. The Morgan fingerprint density at radius 1 is 1.32 bits per heavy atom. The fraction of sp³-hybridized carbons (Fsp3) is 0.500. The molecule has 0 saturated carbocycles. The number of benzene rings is 1. The number of anilines is 1. The average molecular weight is 293 g/mol. The molecule has 7 heteroatoms. The van der Waals surface area contributed by atoms with E-state index in [-0.39, 0.29) is 6.54 Å². The summed E-state index contributed by atoms with van der Waals surface area (Å²) in [5.41, 5.74) is -0.324. The Balaban J connectivity index is 2.78. The van der Waals surface area contributed by atoms with Crippen molar-refractivity contribution in [3.63, 3.8) is 0 Å². The molecule has 1 aromatic rings. The van der Waals surface area contributed by atoms with Gasteiger partial charge in [-0.2, -0.15) is 8.78 Å². The molecule has 0 spiro atoms. The van der Waals surface area contributed by atoms with Crippen LogP contribution in [-0.2, 0) is 9.84 Å². The maximum Gasteiger partial charge on any atom is 0.341 e. The molecular weight excluding hydrogens is 276 g/mol. The van der Waals surface area contributed by atoms with Crippen LogP contribution in [0.25, 0.3) is 0 Å². The van der Waals surface area contributed by atoms with E-state index in [1.807, 2.05) is 6.92 Å². The van der Waals surface area contributed by atoms with E-state index in [0.717, 1.165) is 12.1 Å². The van der Waals surface area contributed by atoms with Gasteiger partial charge in [0.05, 0.1) is 10.5 Å². The van der Waals surface area contributed by atoms with Crippen molar-refractivity contribution in [3.05, 3.63) is 24.3 Å². The van der Waals surface area contributed by atoms with E-state index in [1.54, 1.807) is 6.92 Å². The van der Waals surface area contributed by atoms with Crippen molar-refractivity contribution < 1.29 is 22.3 Å². The van der Waals surface area contributed by atoms with Crippen LogP contribution in [0.5, 0.6) is 0 Å². The molecule has 108 valence electrons. The van der Waals surface area contributed by atoms with Crippen molar-refractivity contribution in [2.75, 3.05) is 11.9 Å². The van der Waals surface area contributed by atoms with E-state index in [4.69, 9.17) is 0 Å². The Morgan fingerprint density at radius 3 is 2.26 bits per heavy atom. The highest BCUT2D eigenvalue weighted by atomic mass is 32.2. The second-order valence-electron chi connectivity index (χ2n) is 4.53. The van der Waals surface area contributed by atoms with Gasteiger partial charge in [0.1, 0.15) is 0 Å². The summed E-state index contributed by atoms with van der Waals surface area (Å²) in [4.78, 5) is -0.421. The number of alkyl halides is 2. The van der Waals surface area contributed by atoms with Crippen LogP contribution < -0.4 is 5.32 Å². The van der Waals surface area contributed by atoms with Crippen LogP contribution in [0.15, 0.2) is 29.2 Å². The van der Waals surface area contributed by atoms with Crippen LogP contribution in [-0.4, -0.2) is 31.4 Å². The van der Waals surface area contributed by atoms with Crippen molar-refractivity contribution in [3.8, 4) is 0 Å². The van der Waals surface area contributed by atoms with Crippen molar-refractivity contribution >= 4 is 15.5 Å². The highest BCUT2D eigenvalue weighted by Crippen LogP contribution is 2.20. The molecule has 0 fully saturated rings. The monoisotopic (exact) mass is 293 g/mol. The minimum Gasteiger partial charge on any atom is -0.388 e. The first kappa shape index (κ1) is 15.8. The summed E-state index contributed by atoms with van der Waals surface area (Å²) >= 11 is 0. The zero-order valence-corrected chi connectivity index (χ0v) is 11.5. The molecule has 0 aliphatic heterocycles. The largest absolute Gasteiger partial charge is 0.388 e. The topological polar surface area (TPSA) is 66.4 Å². The molecule has 1 atom stereocenters. The number of aliphatic hydroxyl groups is 1. The molecule has 0 aromatic heterocycles. The molecular formula is C12H17F2NO3S. The van der Waals surface area contributed by atoms with Gasteiger partial charge in [-0.25, -0.2) is 8.42 Å². The molecule has 0 amide bonds. The first-order chi connectivity index (χ1) is 8.69. The second-order valence-corrected chi connectivity index (χ2v) is 6.45. The van der Waals surface area contributed by atoms with E-state index in [1.165, 1.54) is 12.1 Å². The van der Waals surface area contributed by atoms with Gasteiger partial charge in [-0.1, -0.05) is 6.92 Å². The molecule has 19 heavy (non-hydrogen) atoms. The van der Waals surface area contributed by atoms with Crippen LogP contribution in [0.4, 0.5) is 14.5 Å². The highest BCUT2D eigenvalue weighted by Gasteiger charge is 2.26. The molecule has 1 aromatic carbocycles. The van der Waals surface area contributed by atoms with Crippen molar-refractivity contribution in [1.82, 2.24) is 0 Å². The van der Waals surface area contributed by atoms with Gasteiger partial charge in [0.15, 0.2) is 0 Å². The Hall–Kier alpha value is -1.21. The lowest BCUT2D eigenvalue weighted by atomic mass is 10.0. The third-order valence-corrected chi connectivity index (χ3v) is 4.25. The van der Waals surface area contributed by atoms with Gasteiger partial charge < -0.3 is 10.4 Å². The number of sulfone groups is 1. The SMILES string of the molecule is CCC(C)(O)CNc1ccc(S(=O)(=O)C(F)F)cc1. The van der Waals surface area contributed by atoms with Gasteiger partial charge in [-0.15, -0.1) is 0 Å². The Kier molecular flexibility index (Phi) is 4.86. The van der Waals surface area contributed by atoms with Gasteiger partial charge in [-0.05, 0) is 37.6 Å². The van der Waals surface area contributed by atoms with E-state index in [2.05, 4.69) is 5.32 Å². The maximum absolute atomic E-state index is 12.3. The first-order valence-corrected chi connectivity index (χ1v) is 7.32. The number of halogens is 2. The first-order valence-electron chi connectivity index (χ1n) is 5.77. The lowest BCUT2D eigenvalue weighted by molar-refractivity contribution is 0.0697. The quantitative estimate of drug-likeness (QED) is 0.844. The van der Waals surface area contributed by atoms with Crippen LogP contribution in [0.2, 0.25) is 0 Å². The molecule has 0 aliphatic carbocycles. The molecule has 1 unspecified atom stereocenters. The molecule has 0 radical (unpaired) electrons. The Bertz CT molecular complexity index is 512. The van der Waals surface area contributed by atoms with Gasteiger partial charge >= 0.3 is 5.76 Å². The Labute approximate surface area is 111 Å². The number of hydrogen-bond donors (Lipinski definition) is 2. The summed E-state index contributed by atoms with van der Waals surface area (Å²) in [6.45, 7) is 3.78. The van der Waals surface area contributed by atoms with Gasteiger partial charge in [0, 0.05) is 12.2 Å². The van der Waals surface area contributed by atoms with E-state index in [9.17, 15) is 22.3 Å². The third-order valence-electron chi connectivity index (χ3n) is 2.85. The molecule has 0 heterocycles. The third kappa shape index (κ3) is 4.14. The van der Waals surface area contributed by atoms with Crippen molar-refractivity contribution in [2.45, 2.75) is 36.5 Å². The second kappa shape index (κ2) is 5.83. The normalized spacial score (nSPS) is 15.3. The average Bonchev–Trinajstić information content (AvgIpc) is 2.37. The minimum absolute atomic E-state index is 0.282. The predicted octanol–water partition coefficient (Wildman–Crippen LogP) is 2.26. The summed E-state index contributed by atoms with van der Waals surface area (Å²) in [6, 6.07) is 5.01.